The third kappa shape index (κ3) is 4.79. The Morgan fingerprint density at radius 2 is 1.91 bits per heavy atom. The number of fused-ring (bicyclic) bond motifs is 1. The Morgan fingerprint density at radius 3 is 2.64 bits per heavy atom. The molecule has 0 bridgehead atoms. The van der Waals surface area contributed by atoms with Crippen molar-refractivity contribution in [1.29, 1.82) is 0 Å². The Hall–Kier alpha value is -4.34. The molecule has 0 aliphatic carbocycles. The molecule has 10 nitrogen and oxygen atoms in total. The van der Waals surface area contributed by atoms with Crippen molar-refractivity contribution in [3.63, 3.8) is 0 Å². The second kappa shape index (κ2) is 9.43. The zero-order chi connectivity index (χ0) is 23.4. The molecular weight excluding hydrogens is 426 g/mol. The Labute approximate surface area is 189 Å². The van der Waals surface area contributed by atoms with Crippen LogP contribution in [0.2, 0.25) is 0 Å². The molecule has 3 aromatic rings. The Bertz CT molecular complexity index is 1240. The SMILES string of the molecule is CCOc1ccc(NC(=O)[C@H]2CC(=O)Nc3nc(Nc4ccccc4OC)[nH]c(=O)c32)cc1. The number of hydrogen-bond donors (Lipinski definition) is 4. The first-order valence-corrected chi connectivity index (χ1v) is 10.4. The van der Waals surface area contributed by atoms with Gasteiger partial charge in [0.25, 0.3) is 5.56 Å². The molecule has 0 unspecified atom stereocenters. The molecule has 4 rings (SSSR count). The fourth-order valence-corrected chi connectivity index (χ4v) is 3.56. The van der Waals surface area contributed by atoms with Crippen LogP contribution >= 0.6 is 0 Å². The zero-order valence-corrected chi connectivity index (χ0v) is 18.1. The van der Waals surface area contributed by atoms with Gasteiger partial charge in [0.15, 0.2) is 0 Å². The lowest BCUT2D eigenvalue weighted by atomic mass is 9.92. The van der Waals surface area contributed by atoms with Crippen molar-refractivity contribution in [2.24, 2.45) is 0 Å². The fraction of sp³-hybridized carbons (Fsp3) is 0.217. The second-order valence-corrected chi connectivity index (χ2v) is 7.25. The molecule has 1 aliphatic heterocycles. The van der Waals surface area contributed by atoms with Gasteiger partial charge in [-0.05, 0) is 43.3 Å². The lowest BCUT2D eigenvalue weighted by molar-refractivity contribution is -0.123. The average Bonchev–Trinajstić information content (AvgIpc) is 2.80. The number of carbonyl (C=O) groups is 2. The van der Waals surface area contributed by atoms with Crippen LogP contribution in [0.25, 0.3) is 0 Å². The number of para-hydroxylation sites is 2. The van der Waals surface area contributed by atoms with E-state index in [-0.39, 0.29) is 23.8 Å². The maximum Gasteiger partial charge on any atom is 0.258 e. The van der Waals surface area contributed by atoms with Gasteiger partial charge in [0, 0.05) is 12.1 Å². The highest BCUT2D eigenvalue weighted by atomic mass is 16.5. The van der Waals surface area contributed by atoms with E-state index in [1.54, 1.807) is 48.5 Å². The minimum atomic E-state index is -0.989. The molecule has 33 heavy (non-hydrogen) atoms. The van der Waals surface area contributed by atoms with Crippen LogP contribution < -0.4 is 31.0 Å². The maximum absolute atomic E-state index is 13.0. The number of rotatable bonds is 7. The standard InChI is InChI=1S/C23H23N5O5/c1-3-33-14-10-8-13(9-11-14)24-21(30)15-12-18(29)26-20-19(15)22(31)28-23(27-20)25-16-6-4-5-7-17(16)32-2/h4-11,15H,3,12H2,1-2H3,(H,24,30)(H3,25,26,27,28,29,31)/t15-/m0/s1. The van der Waals surface area contributed by atoms with Crippen molar-refractivity contribution >= 4 is 35.0 Å². The van der Waals surface area contributed by atoms with Gasteiger partial charge < -0.3 is 25.4 Å². The smallest absolute Gasteiger partial charge is 0.258 e. The predicted molar refractivity (Wildman–Crippen MR) is 123 cm³/mol. The monoisotopic (exact) mass is 449 g/mol. The molecule has 1 aliphatic rings. The molecule has 0 radical (unpaired) electrons. The third-order valence-corrected chi connectivity index (χ3v) is 5.06. The molecule has 0 saturated carbocycles. The first-order valence-electron chi connectivity index (χ1n) is 10.4. The van der Waals surface area contributed by atoms with E-state index in [0.717, 1.165) is 0 Å². The van der Waals surface area contributed by atoms with Gasteiger partial charge in [-0.1, -0.05) is 12.1 Å². The number of aromatic amines is 1. The summed E-state index contributed by atoms with van der Waals surface area (Å²) < 4.78 is 10.7. The topological polar surface area (TPSA) is 134 Å². The third-order valence-electron chi connectivity index (χ3n) is 5.06. The van der Waals surface area contributed by atoms with Crippen LogP contribution in [0.4, 0.5) is 23.1 Å². The number of hydrogen-bond acceptors (Lipinski definition) is 7. The largest absolute Gasteiger partial charge is 0.495 e. The first-order chi connectivity index (χ1) is 16.0. The number of H-pyrrole nitrogens is 1. The van der Waals surface area contributed by atoms with Gasteiger partial charge in [-0.25, -0.2) is 0 Å². The fourth-order valence-electron chi connectivity index (χ4n) is 3.56. The van der Waals surface area contributed by atoms with E-state index in [9.17, 15) is 14.4 Å². The Kier molecular flexibility index (Phi) is 6.25. The summed E-state index contributed by atoms with van der Waals surface area (Å²) in [6, 6.07) is 13.9. The molecule has 2 heterocycles. The summed E-state index contributed by atoms with van der Waals surface area (Å²) in [6.07, 6.45) is -0.167. The van der Waals surface area contributed by atoms with E-state index in [1.807, 2.05) is 6.92 Å². The number of carbonyl (C=O) groups excluding carboxylic acids is 2. The Morgan fingerprint density at radius 1 is 1.15 bits per heavy atom. The average molecular weight is 449 g/mol. The molecule has 4 N–H and O–H groups in total. The van der Waals surface area contributed by atoms with Crippen molar-refractivity contribution in [2.75, 3.05) is 29.7 Å². The van der Waals surface area contributed by atoms with Crippen LogP contribution in [0.1, 0.15) is 24.8 Å². The maximum atomic E-state index is 13.0. The summed E-state index contributed by atoms with van der Waals surface area (Å²) in [5.41, 5.74) is 0.678. The molecule has 2 amide bonds. The quantitative estimate of drug-likeness (QED) is 0.436. The molecule has 0 saturated heterocycles. The number of benzene rings is 2. The normalized spacial score (nSPS) is 14.6. The van der Waals surface area contributed by atoms with E-state index < -0.39 is 23.3 Å². The van der Waals surface area contributed by atoms with Crippen LogP contribution in [0.3, 0.4) is 0 Å². The number of methoxy groups -OCH3 is 1. The van der Waals surface area contributed by atoms with Gasteiger partial charge in [0.2, 0.25) is 17.8 Å². The first kappa shape index (κ1) is 21.9. The number of anilines is 4. The zero-order valence-electron chi connectivity index (χ0n) is 18.1. The van der Waals surface area contributed by atoms with Gasteiger partial charge in [0.05, 0.1) is 30.9 Å². The van der Waals surface area contributed by atoms with Gasteiger partial charge >= 0.3 is 0 Å². The summed E-state index contributed by atoms with van der Waals surface area (Å²) in [7, 11) is 1.53. The molecule has 0 spiro atoms. The second-order valence-electron chi connectivity index (χ2n) is 7.25. The van der Waals surface area contributed by atoms with Crippen LogP contribution in [-0.4, -0.2) is 35.5 Å². The number of nitrogens with zero attached hydrogens (tertiary/aromatic N) is 1. The minimum Gasteiger partial charge on any atom is -0.495 e. The summed E-state index contributed by atoms with van der Waals surface area (Å²) in [4.78, 5) is 45.1. The Balaban J connectivity index is 1.59. The lowest BCUT2D eigenvalue weighted by Gasteiger charge is -2.23. The number of amides is 2. The predicted octanol–water partition coefficient (Wildman–Crippen LogP) is 2.99. The molecule has 1 atom stereocenters. The lowest BCUT2D eigenvalue weighted by Crippen LogP contribution is -2.36. The van der Waals surface area contributed by atoms with E-state index >= 15 is 0 Å². The molecule has 0 fully saturated rings. The number of nitrogens with one attached hydrogen (secondary N) is 4. The van der Waals surface area contributed by atoms with Crippen molar-refractivity contribution < 1.29 is 19.1 Å². The summed E-state index contributed by atoms with van der Waals surface area (Å²) >= 11 is 0. The van der Waals surface area contributed by atoms with E-state index in [4.69, 9.17) is 9.47 Å². The molecule has 10 heteroatoms. The summed E-state index contributed by atoms with van der Waals surface area (Å²) in [5.74, 6) is -0.501. The van der Waals surface area contributed by atoms with Gasteiger partial charge in [-0.3, -0.25) is 19.4 Å². The highest BCUT2D eigenvalue weighted by Gasteiger charge is 2.34. The van der Waals surface area contributed by atoms with Crippen molar-refractivity contribution in [2.45, 2.75) is 19.3 Å². The molecular formula is C23H23N5O5. The number of ether oxygens (including phenoxy) is 2. The van der Waals surface area contributed by atoms with Gasteiger partial charge in [-0.2, -0.15) is 4.98 Å². The van der Waals surface area contributed by atoms with Crippen molar-refractivity contribution in [3.8, 4) is 11.5 Å². The van der Waals surface area contributed by atoms with E-state index in [0.29, 0.717) is 29.5 Å². The minimum absolute atomic E-state index is 0.0410. The molecule has 2 aromatic carbocycles. The van der Waals surface area contributed by atoms with Crippen molar-refractivity contribution in [1.82, 2.24) is 9.97 Å². The van der Waals surface area contributed by atoms with Crippen LogP contribution in [0, 0.1) is 0 Å². The highest BCUT2D eigenvalue weighted by Crippen LogP contribution is 2.31. The van der Waals surface area contributed by atoms with E-state index in [2.05, 4.69) is 25.9 Å². The molecule has 1 aromatic heterocycles. The van der Waals surface area contributed by atoms with Gasteiger partial charge in [-0.15, -0.1) is 0 Å². The van der Waals surface area contributed by atoms with Crippen LogP contribution in [0.5, 0.6) is 11.5 Å². The van der Waals surface area contributed by atoms with Crippen LogP contribution in [0.15, 0.2) is 53.3 Å². The van der Waals surface area contributed by atoms with Gasteiger partial charge in [0.1, 0.15) is 17.3 Å². The summed E-state index contributed by atoms with van der Waals surface area (Å²) in [6.45, 7) is 2.41. The molecule has 170 valence electrons. The number of aromatic nitrogens is 2. The summed E-state index contributed by atoms with van der Waals surface area (Å²) in [5, 5.41) is 8.31. The van der Waals surface area contributed by atoms with Crippen molar-refractivity contribution in [3.05, 3.63) is 64.4 Å². The van der Waals surface area contributed by atoms with Crippen LogP contribution in [-0.2, 0) is 9.59 Å². The van der Waals surface area contributed by atoms with E-state index in [1.165, 1.54) is 7.11 Å². The highest BCUT2D eigenvalue weighted by molar-refractivity contribution is 6.04.